The number of aliphatic imine (C=N–C) groups is 1. The molecule has 164 valence electrons. The third-order valence-corrected chi connectivity index (χ3v) is 4.65. The lowest BCUT2D eigenvalue weighted by molar-refractivity contribution is -0.394. The molecular weight excluding hydrogens is 430 g/mol. The third kappa shape index (κ3) is 4.74. The standard InChI is InChI=1S/C23H15N3O7/c1-14-3-2-4-16(11-14)22-24-19(23(27)33-22)12-15-5-8-18(9-6-15)32-21-10-7-17(25(28)29)13-20(21)26(30)31/h2-13H,1H3/b19-12-. The fourth-order valence-electron chi connectivity index (χ4n) is 3.08. The lowest BCUT2D eigenvalue weighted by Gasteiger charge is -2.06. The van der Waals surface area contributed by atoms with Gasteiger partial charge in [-0.15, -0.1) is 0 Å². The fraction of sp³-hybridized carbons (Fsp3) is 0.0435. The summed E-state index contributed by atoms with van der Waals surface area (Å²) >= 11 is 0. The van der Waals surface area contributed by atoms with Crippen molar-refractivity contribution in [3.8, 4) is 11.5 Å². The molecule has 0 radical (unpaired) electrons. The summed E-state index contributed by atoms with van der Waals surface area (Å²) in [4.78, 5) is 37.1. The summed E-state index contributed by atoms with van der Waals surface area (Å²) in [6.45, 7) is 1.92. The highest BCUT2D eigenvalue weighted by Gasteiger charge is 2.24. The molecule has 0 N–H and O–H groups in total. The van der Waals surface area contributed by atoms with Crippen molar-refractivity contribution in [2.75, 3.05) is 0 Å². The number of hydrogen-bond acceptors (Lipinski definition) is 8. The first-order chi connectivity index (χ1) is 15.8. The first-order valence-electron chi connectivity index (χ1n) is 9.60. The summed E-state index contributed by atoms with van der Waals surface area (Å²) in [7, 11) is 0. The molecule has 3 aromatic rings. The van der Waals surface area contributed by atoms with Gasteiger partial charge in [0.1, 0.15) is 5.75 Å². The highest BCUT2D eigenvalue weighted by molar-refractivity contribution is 6.12. The number of non-ortho nitro benzene ring substituents is 1. The molecule has 0 bridgehead atoms. The van der Waals surface area contributed by atoms with E-state index in [0.717, 1.165) is 17.7 Å². The highest BCUT2D eigenvalue weighted by Crippen LogP contribution is 2.34. The molecule has 0 aliphatic carbocycles. The van der Waals surface area contributed by atoms with Gasteiger partial charge in [0, 0.05) is 11.6 Å². The van der Waals surface area contributed by atoms with Gasteiger partial charge in [-0.3, -0.25) is 20.2 Å². The first kappa shape index (κ1) is 21.4. The highest BCUT2D eigenvalue weighted by atomic mass is 16.6. The Labute approximate surface area is 186 Å². The zero-order valence-electron chi connectivity index (χ0n) is 17.1. The Morgan fingerprint density at radius 2 is 1.73 bits per heavy atom. The number of hydrogen-bond donors (Lipinski definition) is 0. The zero-order chi connectivity index (χ0) is 23.5. The molecule has 1 aliphatic rings. The molecule has 1 aliphatic heterocycles. The van der Waals surface area contributed by atoms with Crippen molar-refractivity contribution in [1.29, 1.82) is 0 Å². The van der Waals surface area contributed by atoms with Crippen LogP contribution in [0, 0.1) is 27.2 Å². The van der Waals surface area contributed by atoms with Crippen LogP contribution in [0.1, 0.15) is 16.7 Å². The number of aryl methyl sites for hydroxylation is 1. The summed E-state index contributed by atoms with van der Waals surface area (Å²) < 4.78 is 10.8. The summed E-state index contributed by atoms with van der Waals surface area (Å²) in [5.41, 5.74) is 1.52. The van der Waals surface area contributed by atoms with Crippen LogP contribution in [0.15, 0.2) is 77.4 Å². The van der Waals surface area contributed by atoms with Crippen LogP contribution in [0.25, 0.3) is 6.08 Å². The van der Waals surface area contributed by atoms with E-state index < -0.39 is 27.2 Å². The quantitative estimate of drug-likeness (QED) is 0.227. The maximum atomic E-state index is 12.2. The van der Waals surface area contributed by atoms with Crippen molar-refractivity contribution < 1.29 is 24.1 Å². The number of carbonyl (C=O) groups excluding carboxylic acids is 1. The number of rotatable bonds is 6. The number of nitrogens with zero attached hydrogens (tertiary/aromatic N) is 3. The smallest absolute Gasteiger partial charge is 0.363 e. The van der Waals surface area contributed by atoms with Crippen molar-refractivity contribution in [3.05, 3.63) is 109 Å². The van der Waals surface area contributed by atoms with Gasteiger partial charge < -0.3 is 9.47 Å². The molecule has 0 spiro atoms. The van der Waals surface area contributed by atoms with Crippen LogP contribution in [-0.4, -0.2) is 21.7 Å². The first-order valence-corrected chi connectivity index (χ1v) is 9.60. The van der Waals surface area contributed by atoms with E-state index >= 15 is 0 Å². The van der Waals surface area contributed by atoms with E-state index in [0.29, 0.717) is 11.1 Å². The van der Waals surface area contributed by atoms with Gasteiger partial charge in [0.2, 0.25) is 11.6 Å². The van der Waals surface area contributed by atoms with Crippen LogP contribution in [0.4, 0.5) is 11.4 Å². The number of nitro benzene ring substituents is 2. The molecular formula is C23H15N3O7. The van der Waals surface area contributed by atoms with Gasteiger partial charge in [0.05, 0.1) is 15.9 Å². The van der Waals surface area contributed by atoms with E-state index in [1.165, 1.54) is 6.07 Å². The molecule has 4 rings (SSSR count). The molecule has 0 saturated heterocycles. The Bertz CT molecular complexity index is 1340. The Balaban J connectivity index is 1.55. The molecule has 0 saturated carbocycles. The van der Waals surface area contributed by atoms with Crippen molar-refractivity contribution in [2.45, 2.75) is 6.92 Å². The van der Waals surface area contributed by atoms with Crippen molar-refractivity contribution in [1.82, 2.24) is 0 Å². The molecule has 33 heavy (non-hydrogen) atoms. The minimum atomic E-state index is -0.753. The second-order valence-electron chi connectivity index (χ2n) is 7.04. The SMILES string of the molecule is Cc1cccc(C2=N/C(=C\c3ccc(Oc4ccc([N+](=O)[O-])cc4[N+](=O)[O-])cc3)C(=O)O2)c1. The van der Waals surface area contributed by atoms with Crippen LogP contribution in [0.5, 0.6) is 11.5 Å². The average molecular weight is 445 g/mol. The van der Waals surface area contributed by atoms with E-state index in [1.807, 2.05) is 25.1 Å². The Hall–Kier alpha value is -4.86. The van der Waals surface area contributed by atoms with Gasteiger partial charge >= 0.3 is 11.7 Å². The monoisotopic (exact) mass is 445 g/mol. The molecule has 10 nitrogen and oxygen atoms in total. The molecule has 0 amide bonds. The van der Waals surface area contributed by atoms with E-state index in [4.69, 9.17) is 9.47 Å². The van der Waals surface area contributed by atoms with Crippen LogP contribution in [0.2, 0.25) is 0 Å². The van der Waals surface area contributed by atoms with Gasteiger partial charge in [-0.1, -0.05) is 29.8 Å². The van der Waals surface area contributed by atoms with Gasteiger partial charge in [-0.05, 0) is 48.9 Å². The molecule has 0 atom stereocenters. The third-order valence-electron chi connectivity index (χ3n) is 4.65. The topological polar surface area (TPSA) is 134 Å². The Morgan fingerprint density at radius 1 is 0.970 bits per heavy atom. The van der Waals surface area contributed by atoms with Gasteiger partial charge in [0.15, 0.2) is 5.70 Å². The summed E-state index contributed by atoms with van der Waals surface area (Å²) in [6.07, 6.45) is 1.54. The molecule has 0 fully saturated rings. The van der Waals surface area contributed by atoms with Crippen LogP contribution >= 0.6 is 0 Å². The minimum Gasteiger partial charge on any atom is -0.450 e. The molecule has 1 heterocycles. The Morgan fingerprint density at radius 3 is 2.39 bits per heavy atom. The molecule has 10 heteroatoms. The molecule has 0 unspecified atom stereocenters. The molecule has 0 aromatic heterocycles. The van der Waals surface area contributed by atoms with Crippen molar-refractivity contribution >= 4 is 29.3 Å². The van der Waals surface area contributed by atoms with Crippen LogP contribution in [-0.2, 0) is 9.53 Å². The van der Waals surface area contributed by atoms with Crippen LogP contribution < -0.4 is 4.74 Å². The van der Waals surface area contributed by atoms with Gasteiger partial charge in [0.25, 0.3) is 5.69 Å². The van der Waals surface area contributed by atoms with E-state index in [2.05, 4.69) is 4.99 Å². The van der Waals surface area contributed by atoms with E-state index in [-0.39, 0.29) is 23.1 Å². The van der Waals surface area contributed by atoms with Crippen molar-refractivity contribution in [2.24, 2.45) is 4.99 Å². The van der Waals surface area contributed by atoms with Gasteiger partial charge in [-0.2, -0.15) is 0 Å². The Kier molecular flexibility index (Phi) is 5.64. The second kappa shape index (κ2) is 8.71. The summed E-state index contributed by atoms with van der Waals surface area (Å²) in [5, 5.41) is 22.1. The second-order valence-corrected chi connectivity index (χ2v) is 7.04. The predicted octanol–water partition coefficient (Wildman–Crippen LogP) is 4.95. The molecule has 3 aromatic carbocycles. The summed E-state index contributed by atoms with van der Waals surface area (Å²) in [6, 6.07) is 16.9. The predicted molar refractivity (Wildman–Crippen MR) is 118 cm³/mol. The zero-order valence-corrected chi connectivity index (χ0v) is 17.1. The van der Waals surface area contributed by atoms with E-state index in [9.17, 15) is 25.0 Å². The lowest BCUT2D eigenvalue weighted by Crippen LogP contribution is -2.05. The van der Waals surface area contributed by atoms with Crippen LogP contribution in [0.3, 0.4) is 0 Å². The maximum absolute atomic E-state index is 12.2. The number of nitro groups is 2. The normalized spacial score (nSPS) is 14.0. The largest absolute Gasteiger partial charge is 0.450 e. The number of cyclic esters (lactones) is 1. The average Bonchev–Trinajstić information content (AvgIpc) is 3.15. The number of carbonyl (C=O) groups is 1. The van der Waals surface area contributed by atoms with Gasteiger partial charge in [-0.25, -0.2) is 9.79 Å². The number of ether oxygens (including phenoxy) is 2. The summed E-state index contributed by atoms with van der Waals surface area (Å²) in [5.74, 6) is -0.218. The number of esters is 1. The lowest BCUT2D eigenvalue weighted by atomic mass is 10.1. The maximum Gasteiger partial charge on any atom is 0.363 e. The van der Waals surface area contributed by atoms with Crippen molar-refractivity contribution in [3.63, 3.8) is 0 Å². The minimum absolute atomic E-state index is 0.131. The van der Waals surface area contributed by atoms with E-state index in [1.54, 1.807) is 36.4 Å². The fourth-order valence-corrected chi connectivity index (χ4v) is 3.08. The number of benzene rings is 3.